The van der Waals surface area contributed by atoms with Crippen LogP contribution in [0.4, 0.5) is 0 Å². The number of nitrogens with zero attached hydrogens (tertiary/aromatic N) is 5. The molecule has 1 aromatic heterocycles. The van der Waals surface area contributed by atoms with Gasteiger partial charge in [0.05, 0.1) is 5.69 Å². The van der Waals surface area contributed by atoms with Crippen molar-refractivity contribution in [3.05, 3.63) is 64.6 Å². The zero-order valence-electron chi connectivity index (χ0n) is 23.4. The lowest BCUT2D eigenvalue weighted by molar-refractivity contribution is -0.127. The van der Waals surface area contributed by atoms with Crippen LogP contribution in [-0.4, -0.2) is 89.8 Å². The summed E-state index contributed by atoms with van der Waals surface area (Å²) in [6, 6.07) is 6.48. The van der Waals surface area contributed by atoms with E-state index in [-0.39, 0.29) is 17.6 Å². The van der Waals surface area contributed by atoms with E-state index in [0.29, 0.717) is 19.0 Å². The Bertz CT molecular complexity index is 1270. The lowest BCUT2D eigenvalue weighted by atomic mass is 9.73. The van der Waals surface area contributed by atoms with Gasteiger partial charge in [0.1, 0.15) is 5.60 Å². The number of ether oxygens (including phenoxy) is 1. The van der Waals surface area contributed by atoms with Crippen LogP contribution < -0.4 is 10.5 Å². The number of nitrogens with two attached hydrogens (primary N) is 1. The minimum Gasteiger partial charge on any atom is -0.466 e. The van der Waals surface area contributed by atoms with E-state index in [0.717, 1.165) is 69.5 Å². The molecule has 0 bridgehead atoms. The first-order valence-corrected chi connectivity index (χ1v) is 14.0. The van der Waals surface area contributed by atoms with E-state index in [1.807, 2.05) is 19.0 Å². The summed E-state index contributed by atoms with van der Waals surface area (Å²) in [5.41, 5.74) is 11.0. The number of hydrogen-bond donors (Lipinski definition) is 1. The molecule has 1 unspecified atom stereocenters. The maximum Gasteiger partial charge on any atom is 0.286 e. The number of rotatable bonds is 7. The van der Waals surface area contributed by atoms with Gasteiger partial charge in [-0.3, -0.25) is 14.5 Å². The van der Waals surface area contributed by atoms with Crippen LogP contribution in [0.3, 0.4) is 0 Å². The van der Waals surface area contributed by atoms with E-state index in [1.165, 1.54) is 22.8 Å². The van der Waals surface area contributed by atoms with Crippen molar-refractivity contribution in [3.8, 4) is 5.88 Å². The van der Waals surface area contributed by atoms with E-state index < -0.39 is 11.5 Å². The summed E-state index contributed by atoms with van der Waals surface area (Å²) < 4.78 is 6.86. The van der Waals surface area contributed by atoms with Crippen molar-refractivity contribution in [1.29, 1.82) is 0 Å². The summed E-state index contributed by atoms with van der Waals surface area (Å²) in [5.74, 6) is -0.147. The Morgan fingerprint density at radius 2 is 1.95 bits per heavy atom. The first-order chi connectivity index (χ1) is 18.7. The number of carbonyl (C=O) groups excluding carboxylic acids is 2. The fourth-order valence-electron chi connectivity index (χ4n) is 6.70. The second kappa shape index (κ2) is 11.1. The van der Waals surface area contributed by atoms with E-state index in [9.17, 15) is 9.59 Å². The summed E-state index contributed by atoms with van der Waals surface area (Å²) in [6.45, 7) is 10.1. The molecule has 3 heterocycles. The van der Waals surface area contributed by atoms with Gasteiger partial charge in [0.15, 0.2) is 0 Å². The minimum atomic E-state index is -0.650. The second-order valence-corrected chi connectivity index (χ2v) is 11.4. The average Bonchev–Trinajstić information content (AvgIpc) is 2.91. The highest BCUT2D eigenvalue weighted by Crippen LogP contribution is 2.48. The summed E-state index contributed by atoms with van der Waals surface area (Å²) >= 11 is 0. The molecule has 1 aliphatic carbocycles. The SMILES string of the molecule is C=CC(=O)N1CCN(C[C@@H](CN(C)C)c2nc(C(N)=O)nc3c2CCC2(CCCc4cccc(C)c42)O3)CC1. The quantitative estimate of drug-likeness (QED) is 0.546. The maximum absolute atomic E-state index is 12.4. The minimum absolute atomic E-state index is 0.00627. The van der Waals surface area contributed by atoms with Crippen LogP contribution in [0, 0.1) is 6.92 Å². The smallest absolute Gasteiger partial charge is 0.286 e. The molecule has 1 fully saturated rings. The van der Waals surface area contributed by atoms with Gasteiger partial charge in [-0.1, -0.05) is 24.8 Å². The summed E-state index contributed by atoms with van der Waals surface area (Å²) in [6.07, 6.45) is 6.03. The maximum atomic E-state index is 12.4. The van der Waals surface area contributed by atoms with Crippen LogP contribution in [0.2, 0.25) is 0 Å². The second-order valence-electron chi connectivity index (χ2n) is 11.4. The van der Waals surface area contributed by atoms with Crippen LogP contribution in [-0.2, 0) is 23.2 Å². The van der Waals surface area contributed by atoms with Gasteiger partial charge in [0.25, 0.3) is 5.91 Å². The first kappa shape index (κ1) is 27.3. The number of amides is 2. The Morgan fingerprint density at radius 3 is 2.64 bits per heavy atom. The number of likely N-dealkylation sites (N-methyl/N-ethyl adjacent to an activating group) is 1. The Morgan fingerprint density at radius 1 is 1.18 bits per heavy atom. The van der Waals surface area contributed by atoms with E-state index in [2.05, 4.69) is 46.5 Å². The first-order valence-electron chi connectivity index (χ1n) is 14.0. The van der Waals surface area contributed by atoms with Gasteiger partial charge in [-0.15, -0.1) is 0 Å². The van der Waals surface area contributed by atoms with Crippen molar-refractivity contribution in [1.82, 2.24) is 24.7 Å². The van der Waals surface area contributed by atoms with Crippen LogP contribution in [0.5, 0.6) is 5.88 Å². The summed E-state index contributed by atoms with van der Waals surface area (Å²) in [5, 5.41) is 0. The summed E-state index contributed by atoms with van der Waals surface area (Å²) in [7, 11) is 4.09. The molecular weight excluding hydrogens is 492 g/mol. The van der Waals surface area contributed by atoms with Crippen LogP contribution in [0.25, 0.3) is 0 Å². The molecule has 2 aliphatic heterocycles. The zero-order valence-corrected chi connectivity index (χ0v) is 23.4. The fraction of sp³-hybridized carbons (Fsp3) is 0.533. The van der Waals surface area contributed by atoms with Crippen molar-refractivity contribution in [2.24, 2.45) is 5.73 Å². The third-order valence-electron chi connectivity index (χ3n) is 8.44. The number of benzene rings is 1. The molecule has 1 spiro atoms. The van der Waals surface area contributed by atoms with Gasteiger partial charge >= 0.3 is 0 Å². The van der Waals surface area contributed by atoms with Gasteiger partial charge in [-0.2, -0.15) is 4.98 Å². The fourth-order valence-corrected chi connectivity index (χ4v) is 6.70. The molecule has 1 saturated heterocycles. The third-order valence-corrected chi connectivity index (χ3v) is 8.44. The third kappa shape index (κ3) is 5.43. The molecule has 39 heavy (non-hydrogen) atoms. The van der Waals surface area contributed by atoms with Gasteiger partial charge in [-0.25, -0.2) is 4.98 Å². The number of fused-ring (bicyclic) bond motifs is 3. The standard InChI is InChI=1S/C30H40N6O3/c1-5-24(37)36-16-14-35(15-17-36)19-22(18-34(3)4)26-23-11-13-30(39-29(23)33-28(32-26)27(31)38)12-7-10-21-9-6-8-20(2)25(21)30/h5-6,8-9,22H,1,7,10-19H2,2-4H3,(H2,31,38)/t22-,30?/m1/s1. The number of aryl methyl sites for hydroxylation is 2. The number of aromatic nitrogens is 2. The van der Waals surface area contributed by atoms with Crippen LogP contribution in [0.1, 0.15) is 63.7 Å². The topological polar surface area (TPSA) is 105 Å². The molecule has 1 aromatic carbocycles. The molecule has 0 saturated carbocycles. The molecule has 2 aromatic rings. The van der Waals surface area contributed by atoms with Crippen molar-refractivity contribution in [2.75, 3.05) is 53.4 Å². The van der Waals surface area contributed by atoms with Gasteiger partial charge in [-0.05, 0) is 70.3 Å². The lowest BCUT2D eigenvalue weighted by Crippen LogP contribution is -2.50. The van der Waals surface area contributed by atoms with Crippen LogP contribution >= 0.6 is 0 Å². The van der Waals surface area contributed by atoms with E-state index in [4.69, 9.17) is 15.5 Å². The Kier molecular flexibility index (Phi) is 7.73. The van der Waals surface area contributed by atoms with Crippen molar-refractivity contribution in [3.63, 3.8) is 0 Å². The highest BCUT2D eigenvalue weighted by Gasteiger charge is 2.44. The van der Waals surface area contributed by atoms with Crippen LogP contribution in [0.15, 0.2) is 30.9 Å². The monoisotopic (exact) mass is 532 g/mol. The molecule has 9 nitrogen and oxygen atoms in total. The van der Waals surface area contributed by atoms with Gasteiger partial charge in [0, 0.05) is 56.3 Å². The molecule has 3 aliphatic rings. The highest BCUT2D eigenvalue weighted by atomic mass is 16.5. The number of hydrogen-bond acceptors (Lipinski definition) is 7. The highest BCUT2D eigenvalue weighted by molar-refractivity contribution is 5.89. The van der Waals surface area contributed by atoms with Crippen molar-refractivity contribution < 1.29 is 14.3 Å². The molecule has 9 heteroatoms. The molecule has 208 valence electrons. The normalized spacial score (nSPS) is 21.7. The molecule has 2 N–H and O–H groups in total. The van der Waals surface area contributed by atoms with Crippen molar-refractivity contribution >= 4 is 11.8 Å². The molecular formula is C30H40N6O3. The Labute approximate surface area is 231 Å². The Hall–Kier alpha value is -3.30. The number of carbonyl (C=O) groups is 2. The number of piperazine rings is 1. The van der Waals surface area contributed by atoms with Crippen molar-refractivity contribution in [2.45, 2.75) is 50.5 Å². The predicted molar refractivity (Wildman–Crippen MR) is 150 cm³/mol. The van der Waals surface area contributed by atoms with E-state index >= 15 is 0 Å². The molecule has 5 rings (SSSR count). The molecule has 0 radical (unpaired) electrons. The van der Waals surface area contributed by atoms with Gasteiger partial charge < -0.3 is 20.3 Å². The average molecular weight is 533 g/mol. The zero-order chi connectivity index (χ0) is 27.7. The van der Waals surface area contributed by atoms with Gasteiger partial charge in [0.2, 0.25) is 17.6 Å². The Balaban J connectivity index is 1.49. The largest absolute Gasteiger partial charge is 0.466 e. The lowest BCUT2D eigenvalue weighted by Gasteiger charge is -2.44. The summed E-state index contributed by atoms with van der Waals surface area (Å²) in [4.78, 5) is 40.1. The molecule has 2 atom stereocenters. The predicted octanol–water partition coefficient (Wildman–Crippen LogP) is 2.42. The molecule has 2 amide bonds. The van der Waals surface area contributed by atoms with E-state index in [1.54, 1.807) is 0 Å². The number of primary amides is 1.